The van der Waals surface area contributed by atoms with Gasteiger partial charge in [-0.3, -0.25) is 10.1 Å². The third kappa shape index (κ3) is 4.87. The van der Waals surface area contributed by atoms with Crippen LogP contribution in [0.1, 0.15) is 12.8 Å². The first-order valence-electron chi connectivity index (χ1n) is 7.24. The van der Waals surface area contributed by atoms with Crippen molar-refractivity contribution < 1.29 is 22.9 Å². The molecule has 2 heterocycles. The molecule has 1 aliphatic heterocycles. The molecule has 0 spiro atoms. The van der Waals surface area contributed by atoms with E-state index in [1.165, 1.54) is 0 Å². The van der Waals surface area contributed by atoms with Crippen molar-refractivity contribution in [2.24, 2.45) is 0 Å². The van der Waals surface area contributed by atoms with Crippen LogP contribution >= 0.6 is 0 Å². The summed E-state index contributed by atoms with van der Waals surface area (Å²) in [6.07, 6.45) is 1.38. The van der Waals surface area contributed by atoms with Gasteiger partial charge >= 0.3 is 22.0 Å². The topological polar surface area (TPSA) is 183 Å². The highest BCUT2D eigenvalue weighted by Gasteiger charge is 2.27. The van der Waals surface area contributed by atoms with Gasteiger partial charge in [0.25, 0.3) is 0 Å². The van der Waals surface area contributed by atoms with Gasteiger partial charge in [-0.05, 0) is 12.8 Å². The Hall–Kier alpha value is -2.74. The van der Waals surface area contributed by atoms with Crippen LogP contribution < -0.4 is 15.8 Å². The monoisotopic (exact) mass is 375 g/mol. The number of carbonyl (C=O) groups is 1. The normalized spacial score (nSPS) is 14.9. The Labute approximate surface area is 142 Å². The number of hydrogen-bond donors (Lipinski definition) is 3. The molecule has 13 nitrogen and oxygen atoms in total. The third-order valence-corrected chi connectivity index (χ3v) is 4.75. The van der Waals surface area contributed by atoms with Gasteiger partial charge in [0, 0.05) is 13.1 Å². The minimum absolute atomic E-state index is 0.0471. The number of rotatable bonds is 7. The first-order valence-corrected chi connectivity index (χ1v) is 8.68. The van der Waals surface area contributed by atoms with Gasteiger partial charge in [0.15, 0.2) is 0 Å². The molecule has 0 aliphatic carbocycles. The van der Waals surface area contributed by atoms with Gasteiger partial charge < -0.3 is 15.8 Å². The number of nitrogens with zero attached hydrogens (tertiary/aromatic N) is 4. The van der Waals surface area contributed by atoms with Crippen LogP contribution in [0.5, 0.6) is 0 Å². The largest absolute Gasteiger partial charge is 0.447 e. The zero-order chi connectivity index (χ0) is 18.4. The number of nitrogens with two attached hydrogens (primary N) is 1. The molecule has 4 N–H and O–H groups in total. The second kappa shape index (κ2) is 7.89. The predicted octanol–water partition coefficient (Wildman–Crippen LogP) is -0.554. The molecule has 0 bridgehead atoms. The van der Waals surface area contributed by atoms with Gasteiger partial charge in [-0.1, -0.05) is 0 Å². The van der Waals surface area contributed by atoms with Gasteiger partial charge in [0.1, 0.15) is 12.9 Å². The van der Waals surface area contributed by atoms with Crippen LogP contribution in [-0.4, -0.2) is 59.9 Å². The molecule has 2 rings (SSSR count). The van der Waals surface area contributed by atoms with Crippen molar-refractivity contribution in [3.8, 4) is 0 Å². The Morgan fingerprint density at radius 3 is 2.72 bits per heavy atom. The number of amides is 1. The highest BCUT2D eigenvalue weighted by Crippen LogP contribution is 2.25. The summed E-state index contributed by atoms with van der Waals surface area (Å²) in [4.78, 5) is 28.9. The number of aromatic nitrogens is 2. The van der Waals surface area contributed by atoms with E-state index in [1.807, 2.05) is 0 Å². The summed E-state index contributed by atoms with van der Waals surface area (Å²) >= 11 is 0. The van der Waals surface area contributed by atoms with Gasteiger partial charge in [-0.15, -0.1) is 0 Å². The van der Waals surface area contributed by atoms with E-state index in [0.717, 1.165) is 23.5 Å². The number of nitro groups is 1. The van der Waals surface area contributed by atoms with E-state index in [-0.39, 0.29) is 24.8 Å². The highest BCUT2D eigenvalue weighted by molar-refractivity contribution is 7.87. The van der Waals surface area contributed by atoms with Crippen molar-refractivity contribution in [1.29, 1.82) is 0 Å². The molecular formula is C11H17N7O6S. The number of anilines is 2. The quantitative estimate of drug-likeness (QED) is 0.317. The lowest BCUT2D eigenvalue weighted by atomic mass is 10.4. The summed E-state index contributed by atoms with van der Waals surface area (Å²) in [6, 6.07) is 0. The molecule has 1 fully saturated rings. The van der Waals surface area contributed by atoms with E-state index < -0.39 is 26.9 Å². The van der Waals surface area contributed by atoms with Gasteiger partial charge in [-0.2, -0.15) is 12.7 Å². The lowest BCUT2D eigenvalue weighted by molar-refractivity contribution is -0.383. The van der Waals surface area contributed by atoms with Gasteiger partial charge in [0.2, 0.25) is 11.6 Å². The Kier molecular flexibility index (Phi) is 5.87. The number of nitrogen functional groups attached to an aromatic ring is 1. The fourth-order valence-electron chi connectivity index (χ4n) is 2.14. The number of ether oxygens (including phenoxy) is 1. The maximum Gasteiger partial charge on any atom is 0.421 e. The Morgan fingerprint density at radius 1 is 1.40 bits per heavy atom. The predicted molar refractivity (Wildman–Crippen MR) is 85.8 cm³/mol. The molecular weight excluding hydrogens is 358 g/mol. The standard InChI is InChI=1S/C11H17N7O6S/c12-9-8(18(20)21)10(15-7-14-9)13-3-6-24-11(19)16-25(22,23)17-4-1-2-5-17/h7H,1-6H2,(H,16,19)(H3,12,13,14,15). The second-order valence-corrected chi connectivity index (χ2v) is 6.66. The van der Waals surface area contributed by atoms with Crippen LogP contribution in [0.2, 0.25) is 0 Å². The van der Waals surface area contributed by atoms with Crippen LogP contribution in [0.4, 0.5) is 22.1 Å². The van der Waals surface area contributed by atoms with Crippen molar-refractivity contribution in [1.82, 2.24) is 19.0 Å². The Balaban J connectivity index is 1.81. The minimum Gasteiger partial charge on any atom is -0.447 e. The average molecular weight is 375 g/mol. The Morgan fingerprint density at radius 2 is 2.08 bits per heavy atom. The fraction of sp³-hybridized carbons (Fsp3) is 0.545. The van der Waals surface area contributed by atoms with E-state index >= 15 is 0 Å². The first-order chi connectivity index (χ1) is 11.8. The zero-order valence-corrected chi connectivity index (χ0v) is 13.9. The average Bonchev–Trinajstić information content (AvgIpc) is 3.06. The molecule has 1 aromatic heterocycles. The van der Waals surface area contributed by atoms with Crippen molar-refractivity contribution in [2.75, 3.05) is 37.3 Å². The van der Waals surface area contributed by atoms with Crippen LogP contribution in [0.25, 0.3) is 0 Å². The molecule has 0 unspecified atom stereocenters. The van der Waals surface area contributed by atoms with Crippen molar-refractivity contribution in [2.45, 2.75) is 12.8 Å². The molecule has 1 aliphatic rings. The van der Waals surface area contributed by atoms with Crippen LogP contribution in [0, 0.1) is 10.1 Å². The fourth-order valence-corrected chi connectivity index (χ4v) is 3.28. The zero-order valence-electron chi connectivity index (χ0n) is 13.0. The molecule has 0 atom stereocenters. The summed E-state index contributed by atoms with van der Waals surface area (Å²) in [5.74, 6) is -0.441. The van der Waals surface area contributed by atoms with Crippen LogP contribution in [-0.2, 0) is 14.9 Å². The maximum absolute atomic E-state index is 11.8. The summed E-state index contributed by atoms with van der Waals surface area (Å²) < 4.78 is 31.4. The summed E-state index contributed by atoms with van der Waals surface area (Å²) in [6.45, 7) is 0.406. The number of hydrogen-bond acceptors (Lipinski definition) is 10. The summed E-state index contributed by atoms with van der Waals surface area (Å²) in [7, 11) is -3.91. The molecule has 0 aromatic carbocycles. The molecule has 0 saturated carbocycles. The molecule has 138 valence electrons. The number of nitrogens with one attached hydrogen (secondary N) is 2. The lowest BCUT2D eigenvalue weighted by Gasteiger charge is -2.15. The van der Waals surface area contributed by atoms with E-state index in [9.17, 15) is 23.3 Å². The van der Waals surface area contributed by atoms with Crippen LogP contribution in [0.3, 0.4) is 0 Å². The SMILES string of the molecule is Nc1ncnc(NCCOC(=O)NS(=O)(=O)N2CCCC2)c1[N+](=O)[O-]. The smallest absolute Gasteiger partial charge is 0.421 e. The first kappa shape index (κ1) is 18.6. The summed E-state index contributed by atoms with van der Waals surface area (Å²) in [5.41, 5.74) is 4.91. The second-order valence-electron chi connectivity index (χ2n) is 4.99. The van der Waals surface area contributed by atoms with Crippen molar-refractivity contribution in [3.63, 3.8) is 0 Å². The molecule has 25 heavy (non-hydrogen) atoms. The maximum atomic E-state index is 11.8. The molecule has 1 aromatic rings. The molecule has 0 radical (unpaired) electrons. The summed E-state index contributed by atoms with van der Waals surface area (Å²) in [5, 5.41) is 13.5. The van der Waals surface area contributed by atoms with Gasteiger partial charge in [-0.25, -0.2) is 19.5 Å². The molecule has 1 saturated heterocycles. The Bertz CT molecular complexity index is 749. The van der Waals surface area contributed by atoms with Crippen LogP contribution in [0.15, 0.2) is 6.33 Å². The third-order valence-electron chi connectivity index (χ3n) is 3.28. The minimum atomic E-state index is -3.91. The van der Waals surface area contributed by atoms with Gasteiger partial charge in [0.05, 0.1) is 11.5 Å². The van der Waals surface area contributed by atoms with E-state index in [2.05, 4.69) is 15.3 Å². The van der Waals surface area contributed by atoms with Crippen molar-refractivity contribution in [3.05, 3.63) is 16.4 Å². The molecule has 1 amide bonds. The molecule has 14 heteroatoms. The van der Waals surface area contributed by atoms with E-state index in [1.54, 1.807) is 4.72 Å². The lowest BCUT2D eigenvalue weighted by Crippen LogP contribution is -2.42. The van der Waals surface area contributed by atoms with Crippen molar-refractivity contribution >= 4 is 33.6 Å². The van der Waals surface area contributed by atoms with E-state index in [4.69, 9.17) is 10.5 Å². The number of carbonyl (C=O) groups excluding carboxylic acids is 1. The highest BCUT2D eigenvalue weighted by atomic mass is 32.2. The van der Waals surface area contributed by atoms with E-state index in [0.29, 0.717) is 13.1 Å².